The highest BCUT2D eigenvalue weighted by atomic mass is 16.5. The molecule has 0 radical (unpaired) electrons. The highest BCUT2D eigenvalue weighted by Crippen LogP contribution is 1.99. The number of aromatic amines is 1. The Morgan fingerprint density at radius 3 is 2.94 bits per heavy atom. The number of nitrogens with zero attached hydrogens (tertiary/aromatic N) is 2. The largest absolute Gasteiger partial charge is 0.465 e. The zero-order valence-electron chi connectivity index (χ0n) is 9.90. The number of esters is 1. The van der Waals surface area contributed by atoms with Crippen molar-refractivity contribution in [2.24, 2.45) is 0 Å². The molecule has 0 unspecified atom stereocenters. The molecule has 0 aliphatic rings. The molecule has 0 spiro atoms. The number of nitrogens with one attached hydrogen (secondary N) is 2. The second-order valence-corrected chi connectivity index (χ2v) is 3.43. The SMILES string of the molecule is CCOC(=O)CNC(=O)N(C)Cc1cn[nH]c1. The minimum Gasteiger partial charge on any atom is -0.465 e. The van der Waals surface area contributed by atoms with Gasteiger partial charge < -0.3 is 15.0 Å². The fourth-order valence-electron chi connectivity index (χ4n) is 1.20. The Bertz CT molecular complexity index is 364. The minimum atomic E-state index is -0.447. The Balaban J connectivity index is 2.29. The summed E-state index contributed by atoms with van der Waals surface area (Å²) in [5.41, 5.74) is 0.888. The van der Waals surface area contributed by atoms with Crippen LogP contribution in [-0.4, -0.2) is 47.3 Å². The average molecular weight is 240 g/mol. The van der Waals surface area contributed by atoms with Gasteiger partial charge in [0.25, 0.3) is 0 Å². The number of hydrogen-bond donors (Lipinski definition) is 2. The molecule has 0 aromatic carbocycles. The van der Waals surface area contributed by atoms with Crippen molar-refractivity contribution in [2.75, 3.05) is 20.2 Å². The first-order chi connectivity index (χ1) is 8.13. The summed E-state index contributed by atoms with van der Waals surface area (Å²) in [6.45, 7) is 2.32. The van der Waals surface area contributed by atoms with Crippen molar-refractivity contribution >= 4 is 12.0 Å². The predicted octanol–water partition coefficient (Wildman–Crippen LogP) is 0.114. The highest BCUT2D eigenvalue weighted by molar-refractivity contribution is 5.80. The van der Waals surface area contributed by atoms with Gasteiger partial charge in [-0.15, -0.1) is 0 Å². The van der Waals surface area contributed by atoms with Crippen LogP contribution in [0, 0.1) is 0 Å². The van der Waals surface area contributed by atoms with E-state index in [-0.39, 0.29) is 12.6 Å². The lowest BCUT2D eigenvalue weighted by Gasteiger charge is -2.16. The van der Waals surface area contributed by atoms with E-state index >= 15 is 0 Å². The third-order valence-electron chi connectivity index (χ3n) is 2.01. The molecule has 0 saturated carbocycles. The van der Waals surface area contributed by atoms with Crippen molar-refractivity contribution in [3.05, 3.63) is 18.0 Å². The van der Waals surface area contributed by atoms with Gasteiger partial charge >= 0.3 is 12.0 Å². The summed E-state index contributed by atoms with van der Waals surface area (Å²) in [4.78, 5) is 24.0. The molecule has 2 amide bonds. The molecule has 0 aliphatic heterocycles. The van der Waals surface area contributed by atoms with Crippen LogP contribution in [0.2, 0.25) is 0 Å². The molecular weight excluding hydrogens is 224 g/mol. The molecular formula is C10H16N4O3. The van der Waals surface area contributed by atoms with Crippen molar-refractivity contribution in [2.45, 2.75) is 13.5 Å². The fourth-order valence-corrected chi connectivity index (χ4v) is 1.20. The molecule has 2 N–H and O–H groups in total. The zero-order chi connectivity index (χ0) is 12.7. The minimum absolute atomic E-state index is 0.123. The van der Waals surface area contributed by atoms with Crippen molar-refractivity contribution < 1.29 is 14.3 Å². The smallest absolute Gasteiger partial charge is 0.325 e. The van der Waals surface area contributed by atoms with Gasteiger partial charge in [-0.25, -0.2) is 4.79 Å². The summed E-state index contributed by atoms with van der Waals surface area (Å²) in [5, 5.41) is 8.90. The summed E-state index contributed by atoms with van der Waals surface area (Å²) in [6, 6.07) is -0.334. The molecule has 1 rings (SSSR count). The third-order valence-corrected chi connectivity index (χ3v) is 2.01. The van der Waals surface area contributed by atoms with Gasteiger partial charge in [-0.2, -0.15) is 5.10 Å². The standard InChI is InChI=1S/C10H16N4O3/c1-3-17-9(15)6-11-10(16)14(2)7-8-4-12-13-5-8/h4-5H,3,6-7H2,1-2H3,(H,11,16)(H,12,13). The van der Waals surface area contributed by atoms with E-state index in [1.807, 2.05) is 0 Å². The number of carbonyl (C=O) groups excluding carboxylic acids is 2. The van der Waals surface area contributed by atoms with Gasteiger partial charge in [-0.3, -0.25) is 9.89 Å². The van der Waals surface area contributed by atoms with Gasteiger partial charge in [0.05, 0.1) is 19.3 Å². The Kier molecular flexibility index (Phi) is 4.99. The number of ether oxygens (including phenoxy) is 1. The Labute approximate surface area is 99.1 Å². The van der Waals surface area contributed by atoms with Gasteiger partial charge in [-0.1, -0.05) is 0 Å². The van der Waals surface area contributed by atoms with Crippen molar-refractivity contribution in [3.8, 4) is 0 Å². The maximum Gasteiger partial charge on any atom is 0.325 e. The van der Waals surface area contributed by atoms with E-state index in [9.17, 15) is 9.59 Å². The normalized spacial score (nSPS) is 9.76. The van der Waals surface area contributed by atoms with Crippen molar-refractivity contribution in [1.29, 1.82) is 0 Å². The molecule has 0 fully saturated rings. The zero-order valence-corrected chi connectivity index (χ0v) is 9.90. The fraction of sp³-hybridized carbons (Fsp3) is 0.500. The molecule has 0 bridgehead atoms. The van der Waals surface area contributed by atoms with Gasteiger partial charge in [0.2, 0.25) is 0 Å². The first kappa shape index (κ1) is 13.0. The number of urea groups is 1. The van der Waals surface area contributed by atoms with Gasteiger partial charge in [0.15, 0.2) is 0 Å². The highest BCUT2D eigenvalue weighted by Gasteiger charge is 2.11. The summed E-state index contributed by atoms with van der Waals surface area (Å²) >= 11 is 0. The molecule has 94 valence electrons. The van der Waals surface area contributed by atoms with Crippen molar-refractivity contribution in [3.63, 3.8) is 0 Å². The number of rotatable bonds is 5. The first-order valence-corrected chi connectivity index (χ1v) is 5.25. The third kappa shape index (κ3) is 4.54. The van der Waals surface area contributed by atoms with Crippen molar-refractivity contribution in [1.82, 2.24) is 20.4 Å². The second-order valence-electron chi connectivity index (χ2n) is 3.43. The lowest BCUT2D eigenvalue weighted by Crippen LogP contribution is -2.39. The summed E-state index contributed by atoms with van der Waals surface area (Å²) in [7, 11) is 1.63. The maximum atomic E-state index is 11.6. The van der Waals surface area contributed by atoms with E-state index in [1.54, 1.807) is 26.4 Å². The number of amides is 2. The summed E-state index contributed by atoms with van der Waals surface area (Å²) < 4.78 is 4.69. The van der Waals surface area contributed by atoms with E-state index < -0.39 is 5.97 Å². The molecule has 7 nitrogen and oxygen atoms in total. The molecule has 0 aliphatic carbocycles. The average Bonchev–Trinajstić information content (AvgIpc) is 2.79. The molecule has 1 aromatic heterocycles. The van der Waals surface area contributed by atoms with Crippen LogP contribution in [0.3, 0.4) is 0 Å². The topological polar surface area (TPSA) is 87.3 Å². The van der Waals surface area contributed by atoms with Crippen LogP contribution in [0.25, 0.3) is 0 Å². The Hall–Kier alpha value is -2.05. The van der Waals surface area contributed by atoms with Gasteiger partial charge in [0.1, 0.15) is 6.54 Å². The lowest BCUT2D eigenvalue weighted by atomic mass is 10.3. The number of H-pyrrole nitrogens is 1. The second kappa shape index (κ2) is 6.51. The van der Waals surface area contributed by atoms with Crippen LogP contribution in [0.15, 0.2) is 12.4 Å². The van der Waals surface area contributed by atoms with Crippen LogP contribution < -0.4 is 5.32 Å². The van der Waals surface area contributed by atoms with Crippen LogP contribution in [0.4, 0.5) is 4.79 Å². The van der Waals surface area contributed by atoms with Gasteiger partial charge in [-0.05, 0) is 6.92 Å². The summed E-state index contributed by atoms with van der Waals surface area (Å²) in [6.07, 6.45) is 3.34. The molecule has 17 heavy (non-hydrogen) atoms. The molecule has 1 aromatic rings. The van der Waals surface area contributed by atoms with Crippen LogP contribution in [-0.2, 0) is 16.1 Å². The monoisotopic (exact) mass is 240 g/mol. The van der Waals surface area contributed by atoms with Crippen LogP contribution >= 0.6 is 0 Å². The molecule has 0 saturated heterocycles. The number of hydrogen-bond acceptors (Lipinski definition) is 4. The molecule has 0 atom stereocenters. The van der Waals surface area contributed by atoms with Crippen LogP contribution in [0.1, 0.15) is 12.5 Å². The van der Waals surface area contributed by atoms with E-state index in [4.69, 9.17) is 4.74 Å². The lowest BCUT2D eigenvalue weighted by molar-refractivity contribution is -0.141. The van der Waals surface area contributed by atoms with Gasteiger partial charge in [0, 0.05) is 18.8 Å². The first-order valence-electron chi connectivity index (χ1n) is 5.25. The van der Waals surface area contributed by atoms with E-state index in [0.29, 0.717) is 13.2 Å². The number of carbonyl (C=O) groups is 2. The van der Waals surface area contributed by atoms with Crippen LogP contribution in [0.5, 0.6) is 0 Å². The molecule has 7 heteroatoms. The van der Waals surface area contributed by atoms with E-state index in [1.165, 1.54) is 4.90 Å². The quantitative estimate of drug-likeness (QED) is 0.715. The van der Waals surface area contributed by atoms with E-state index in [2.05, 4.69) is 15.5 Å². The van der Waals surface area contributed by atoms with E-state index in [0.717, 1.165) is 5.56 Å². The summed E-state index contributed by atoms with van der Waals surface area (Å²) in [5.74, 6) is -0.447. The number of aromatic nitrogens is 2. The molecule has 1 heterocycles. The Morgan fingerprint density at radius 2 is 2.35 bits per heavy atom. The Morgan fingerprint density at radius 1 is 1.59 bits per heavy atom. The maximum absolute atomic E-state index is 11.6. The predicted molar refractivity (Wildman–Crippen MR) is 60.1 cm³/mol.